The van der Waals surface area contributed by atoms with Gasteiger partial charge >= 0.3 is 40.5 Å². The number of carbonyl (C=O) groups excluding carboxylic acids is 2. The van der Waals surface area contributed by atoms with E-state index in [9.17, 15) is 37.7 Å². The Morgan fingerprint density at radius 3 is 2.20 bits per heavy atom. The van der Waals surface area contributed by atoms with Crippen LogP contribution in [0, 0.1) is 10.1 Å². The summed E-state index contributed by atoms with van der Waals surface area (Å²) in [6.07, 6.45) is -9.91. The average Bonchev–Trinajstić information content (AvgIpc) is 3.29. The molecule has 3 heterocycles. The molecule has 0 radical (unpaired) electrons. The van der Waals surface area contributed by atoms with Crippen LogP contribution in [0.1, 0.15) is 78.2 Å². The zero-order chi connectivity index (χ0) is 38.2. The minimum atomic E-state index is -4.75. The zero-order valence-electron chi connectivity index (χ0n) is 29.7. The number of benzene rings is 1. The molecule has 3 N–H and O–H groups in total. The minimum Gasteiger partial charge on any atom is -0.451 e. The Labute approximate surface area is 294 Å². The molecule has 1 aromatic carbocycles. The highest BCUT2D eigenvalue weighted by Gasteiger charge is 2.62. The third-order valence-corrected chi connectivity index (χ3v) is 19.2. The molecule has 2 fully saturated rings. The van der Waals surface area contributed by atoms with Crippen LogP contribution in [0.3, 0.4) is 0 Å². The number of nitrogens with one attached hydrogen (secondary N) is 3. The Hall–Kier alpha value is -3.70. The number of anilines is 2. The summed E-state index contributed by atoms with van der Waals surface area (Å²) in [6, 6.07) is 3.64. The van der Waals surface area contributed by atoms with Gasteiger partial charge in [-0.05, 0) is 40.4 Å². The van der Waals surface area contributed by atoms with Crippen LogP contribution >= 0.6 is 0 Å². The van der Waals surface area contributed by atoms with Crippen LogP contribution in [0.2, 0.25) is 22.2 Å². The van der Waals surface area contributed by atoms with Crippen molar-refractivity contribution in [3.8, 4) is 0 Å². The fraction of sp³-hybridized carbons (Fsp3) is 0.613. The number of fused-ring (bicyclic) bond motifs is 1. The van der Waals surface area contributed by atoms with Crippen LogP contribution in [-0.2, 0) is 33.4 Å². The van der Waals surface area contributed by atoms with Crippen molar-refractivity contribution in [1.82, 2.24) is 9.97 Å². The van der Waals surface area contributed by atoms with Crippen molar-refractivity contribution in [3.05, 3.63) is 55.9 Å². The summed E-state index contributed by atoms with van der Waals surface area (Å²) in [5.41, 5.74) is -4.23. The van der Waals surface area contributed by atoms with E-state index in [0.29, 0.717) is 6.07 Å². The lowest BCUT2D eigenvalue weighted by molar-refractivity contribution is -0.385. The molecule has 2 aromatic rings. The number of esters is 1. The van der Waals surface area contributed by atoms with E-state index in [2.05, 4.69) is 20.6 Å². The number of nitrogens with zero attached hydrogens (tertiary/aromatic N) is 2. The summed E-state index contributed by atoms with van der Waals surface area (Å²) in [4.78, 5) is 55.3. The van der Waals surface area contributed by atoms with E-state index in [4.69, 9.17) is 22.4 Å². The Morgan fingerprint density at radius 1 is 1.06 bits per heavy atom. The van der Waals surface area contributed by atoms with Crippen molar-refractivity contribution in [2.24, 2.45) is 0 Å². The number of carbonyl (C=O) groups is 2. The summed E-state index contributed by atoms with van der Waals surface area (Å²) in [5, 5.41) is 17.0. The highest BCUT2D eigenvalue weighted by molar-refractivity contribution is 6.84. The van der Waals surface area contributed by atoms with Gasteiger partial charge in [0.15, 0.2) is 12.3 Å². The van der Waals surface area contributed by atoms with Crippen molar-refractivity contribution in [3.63, 3.8) is 0 Å². The highest BCUT2D eigenvalue weighted by Crippen LogP contribution is 2.48. The summed E-state index contributed by atoms with van der Waals surface area (Å²) in [6.45, 7) is 16.8. The number of aromatic nitrogens is 2. The first kappa shape index (κ1) is 40.1. The van der Waals surface area contributed by atoms with E-state index in [1.807, 2.05) is 55.4 Å². The highest BCUT2D eigenvalue weighted by atomic mass is 28.5. The molecule has 2 aliphatic heterocycles. The normalized spacial score (nSPS) is 23.1. The summed E-state index contributed by atoms with van der Waals surface area (Å²) < 4.78 is 73.9. The van der Waals surface area contributed by atoms with Crippen LogP contribution in [0.4, 0.5) is 30.6 Å². The van der Waals surface area contributed by atoms with Crippen molar-refractivity contribution in [2.75, 3.05) is 17.2 Å². The monoisotopic (exact) mass is 759 g/mol. The molecule has 2 aliphatic rings. The van der Waals surface area contributed by atoms with Gasteiger partial charge < -0.3 is 27.8 Å². The summed E-state index contributed by atoms with van der Waals surface area (Å²) >= 11 is 0. The van der Waals surface area contributed by atoms with Crippen LogP contribution in [0.25, 0.3) is 0 Å². The molecule has 0 spiro atoms. The smallest absolute Gasteiger partial charge is 0.416 e. The number of hydrogen-bond donors (Lipinski definition) is 3. The Balaban J connectivity index is 1.88. The van der Waals surface area contributed by atoms with Gasteiger partial charge in [-0.3, -0.25) is 30.0 Å². The molecule has 2 saturated heterocycles. The fourth-order valence-corrected chi connectivity index (χ4v) is 17.7. The van der Waals surface area contributed by atoms with E-state index >= 15 is 0 Å². The molecule has 0 bridgehead atoms. The van der Waals surface area contributed by atoms with Crippen molar-refractivity contribution >= 4 is 46.5 Å². The van der Waals surface area contributed by atoms with Gasteiger partial charge in [0.25, 0.3) is 0 Å². The molecule has 1 amide bonds. The number of hydrogen-bond acceptors (Lipinski definition) is 12. The largest absolute Gasteiger partial charge is 0.451 e. The van der Waals surface area contributed by atoms with E-state index in [0.717, 1.165) is 25.1 Å². The Kier molecular flexibility index (Phi) is 11.9. The Bertz CT molecular complexity index is 1670. The summed E-state index contributed by atoms with van der Waals surface area (Å²) in [5.74, 6) is -2.88. The van der Waals surface area contributed by atoms with E-state index in [-0.39, 0.29) is 28.8 Å². The zero-order valence-corrected chi connectivity index (χ0v) is 31.7. The molecule has 4 rings (SSSR count). The number of rotatable bonds is 10. The first-order chi connectivity index (χ1) is 23.6. The number of alkyl halides is 3. The average molecular weight is 760 g/mol. The third-order valence-electron chi connectivity index (χ3n) is 8.96. The van der Waals surface area contributed by atoms with E-state index in [1.54, 1.807) is 0 Å². The lowest BCUT2D eigenvalue weighted by atomic mass is 10.1. The number of aromatic amines is 1. The lowest BCUT2D eigenvalue weighted by Crippen LogP contribution is -2.66. The second kappa shape index (κ2) is 15.1. The first-order valence-corrected chi connectivity index (χ1v) is 20.5. The van der Waals surface area contributed by atoms with Gasteiger partial charge in [0.1, 0.15) is 12.2 Å². The molecule has 51 heavy (non-hydrogen) atoms. The molecule has 20 heteroatoms. The SMILES string of the molecule is CC(=O)Nc1nc(N[C@@H]2O[C@@H]3CO[Si](C(C)C)(C(C)C)O[Si](C(C)C)(C(C)C)O[C@H]3[C@H]2OC(=O)c2cccc(C(F)(F)F)c2)c([N+](=O)[O-])c(=O)[nH]1. The Morgan fingerprint density at radius 2 is 1.67 bits per heavy atom. The molecule has 0 unspecified atom stereocenters. The number of halogens is 3. The van der Waals surface area contributed by atoms with Crippen LogP contribution in [0.15, 0.2) is 29.1 Å². The topological polar surface area (TPSA) is 193 Å². The predicted molar refractivity (Wildman–Crippen MR) is 183 cm³/mol. The molecular weight excluding hydrogens is 716 g/mol. The maximum Gasteiger partial charge on any atom is 0.416 e. The number of H-pyrrole nitrogens is 1. The lowest BCUT2D eigenvalue weighted by Gasteiger charge is -2.51. The molecular formula is C31H44F3N5O10Si2. The van der Waals surface area contributed by atoms with E-state index in [1.165, 1.54) is 0 Å². The van der Waals surface area contributed by atoms with Gasteiger partial charge in [-0.2, -0.15) is 18.2 Å². The number of amides is 1. The minimum absolute atomic E-state index is 0.0398. The van der Waals surface area contributed by atoms with Crippen molar-refractivity contribution in [2.45, 2.75) is 115 Å². The summed E-state index contributed by atoms with van der Waals surface area (Å²) in [7, 11) is -6.48. The second-order valence-corrected chi connectivity index (χ2v) is 22.6. The quantitative estimate of drug-likeness (QED) is 0.111. The van der Waals surface area contributed by atoms with Crippen LogP contribution in [0.5, 0.6) is 0 Å². The molecule has 15 nitrogen and oxygen atoms in total. The van der Waals surface area contributed by atoms with Gasteiger partial charge in [0, 0.05) is 6.92 Å². The van der Waals surface area contributed by atoms with Crippen molar-refractivity contribution < 1.29 is 50.1 Å². The fourth-order valence-electron chi connectivity index (χ4n) is 6.50. The van der Waals surface area contributed by atoms with Gasteiger partial charge in [0.05, 0.1) is 22.7 Å². The van der Waals surface area contributed by atoms with Gasteiger partial charge in [-0.15, -0.1) is 0 Å². The molecule has 0 saturated carbocycles. The predicted octanol–water partition coefficient (Wildman–Crippen LogP) is 5.97. The first-order valence-electron chi connectivity index (χ1n) is 16.5. The van der Waals surface area contributed by atoms with Crippen LogP contribution in [-0.4, -0.2) is 75.0 Å². The number of ether oxygens (including phenoxy) is 2. The van der Waals surface area contributed by atoms with Gasteiger partial charge in [-0.25, -0.2) is 4.79 Å². The molecule has 4 atom stereocenters. The van der Waals surface area contributed by atoms with Gasteiger partial charge in [-0.1, -0.05) is 61.5 Å². The standard InChI is InChI=1S/C31H44F3N5O10Si2/c1-15(2)50(16(3)4)45-14-22-24(48-51(49-50,17(5)6)18(7)8)25(47-29(42)20-11-10-12-21(13-20)31(32,33)34)28(46-22)36-26-23(39(43)44)27(41)38-30(37-26)35-19(9)40/h10-13,15-18,22,24-25,28H,14H2,1-9H3,(H3,35,36,37,38,40,41)/t22-,24-,25-,28-/m1/s1. The maximum absolute atomic E-state index is 13.6. The molecule has 282 valence electrons. The van der Waals surface area contributed by atoms with Crippen LogP contribution < -0.4 is 16.2 Å². The van der Waals surface area contributed by atoms with Crippen molar-refractivity contribution in [1.29, 1.82) is 0 Å². The van der Waals surface area contributed by atoms with Gasteiger partial charge in [0.2, 0.25) is 17.7 Å². The molecule has 0 aliphatic carbocycles. The number of nitro groups is 1. The van der Waals surface area contributed by atoms with E-state index < -0.39 is 98.8 Å². The third kappa shape index (κ3) is 8.20. The second-order valence-electron chi connectivity index (χ2n) is 13.8. The maximum atomic E-state index is 13.6. The molecule has 1 aromatic heterocycles.